The van der Waals surface area contributed by atoms with E-state index in [1.807, 2.05) is 0 Å². The second-order valence-electron chi connectivity index (χ2n) is 6.56. The van der Waals surface area contributed by atoms with Gasteiger partial charge < -0.3 is 24.3 Å². The minimum atomic E-state index is -0.595. The Kier molecular flexibility index (Phi) is 5.61. The van der Waals surface area contributed by atoms with Gasteiger partial charge in [-0.2, -0.15) is 0 Å². The highest BCUT2D eigenvalue weighted by atomic mass is 16.5. The molecule has 3 heterocycles. The number of esters is 1. The topological polar surface area (TPSA) is 89.9 Å². The average molecular weight is 363 g/mol. The Labute approximate surface area is 152 Å². The van der Waals surface area contributed by atoms with E-state index < -0.39 is 12.0 Å². The van der Waals surface area contributed by atoms with Crippen LogP contribution in [0, 0.1) is 0 Å². The first-order valence-corrected chi connectivity index (χ1v) is 8.98. The van der Waals surface area contributed by atoms with Gasteiger partial charge in [-0.3, -0.25) is 9.59 Å². The molecular weight excluding hydrogens is 338 g/mol. The normalized spacial score (nSPS) is 20.1. The molecule has 1 atom stereocenters. The Hall–Kier alpha value is -2.35. The van der Waals surface area contributed by atoms with Crippen molar-refractivity contribution in [1.82, 2.24) is 14.8 Å². The molecule has 0 unspecified atom stereocenters. The number of pyridine rings is 1. The molecule has 0 bridgehead atoms. The lowest BCUT2D eigenvalue weighted by atomic mass is 9.99. The first kappa shape index (κ1) is 18.4. The summed E-state index contributed by atoms with van der Waals surface area (Å²) in [6.07, 6.45) is 2.83. The lowest BCUT2D eigenvalue weighted by Gasteiger charge is -2.34. The zero-order valence-corrected chi connectivity index (χ0v) is 15.2. The fourth-order valence-corrected chi connectivity index (χ4v) is 3.79. The quantitative estimate of drug-likeness (QED) is 0.770. The molecule has 0 aliphatic carbocycles. The van der Waals surface area contributed by atoms with Gasteiger partial charge in [0.05, 0.1) is 14.2 Å². The summed E-state index contributed by atoms with van der Waals surface area (Å²) >= 11 is 0. The second-order valence-corrected chi connectivity index (χ2v) is 6.56. The number of nitrogens with zero attached hydrogens (tertiary/aromatic N) is 2. The monoisotopic (exact) mass is 363 g/mol. The SMILES string of the molecule is COC(=O)[C@H]1CCCCN1C(=O)c1c(OC)cc(=O)n2c1CCNCC2. The van der Waals surface area contributed by atoms with Crippen LogP contribution in [0.1, 0.15) is 35.3 Å². The summed E-state index contributed by atoms with van der Waals surface area (Å²) in [6, 6.07) is 0.765. The lowest BCUT2D eigenvalue weighted by molar-refractivity contribution is -0.147. The molecule has 26 heavy (non-hydrogen) atoms. The maximum atomic E-state index is 13.4. The van der Waals surface area contributed by atoms with E-state index in [2.05, 4.69) is 5.32 Å². The van der Waals surface area contributed by atoms with Crippen LogP contribution in [0.3, 0.4) is 0 Å². The van der Waals surface area contributed by atoms with Gasteiger partial charge in [-0.1, -0.05) is 0 Å². The van der Waals surface area contributed by atoms with Gasteiger partial charge in [0.1, 0.15) is 17.4 Å². The van der Waals surface area contributed by atoms with Gasteiger partial charge in [0.2, 0.25) is 0 Å². The van der Waals surface area contributed by atoms with E-state index >= 15 is 0 Å². The minimum Gasteiger partial charge on any atom is -0.496 e. The zero-order chi connectivity index (χ0) is 18.7. The summed E-state index contributed by atoms with van der Waals surface area (Å²) in [4.78, 5) is 39.5. The lowest BCUT2D eigenvalue weighted by Crippen LogP contribution is -2.49. The van der Waals surface area contributed by atoms with Crippen LogP contribution in [0.15, 0.2) is 10.9 Å². The number of rotatable bonds is 3. The van der Waals surface area contributed by atoms with Gasteiger partial charge in [-0.05, 0) is 19.3 Å². The molecule has 8 heteroatoms. The summed E-state index contributed by atoms with van der Waals surface area (Å²) in [7, 11) is 2.78. The van der Waals surface area contributed by atoms with E-state index in [4.69, 9.17) is 9.47 Å². The van der Waals surface area contributed by atoms with Gasteiger partial charge in [0, 0.05) is 44.4 Å². The van der Waals surface area contributed by atoms with Crippen LogP contribution < -0.4 is 15.6 Å². The molecule has 0 spiro atoms. The molecule has 0 radical (unpaired) electrons. The van der Waals surface area contributed by atoms with Crippen LogP contribution in [0.2, 0.25) is 0 Å². The van der Waals surface area contributed by atoms with Crippen LogP contribution in [0.4, 0.5) is 0 Å². The number of piperidine rings is 1. The summed E-state index contributed by atoms with van der Waals surface area (Å²) in [6.45, 7) is 2.33. The van der Waals surface area contributed by atoms with Crippen LogP contribution >= 0.6 is 0 Å². The van der Waals surface area contributed by atoms with E-state index in [0.717, 1.165) is 12.8 Å². The van der Waals surface area contributed by atoms with Crippen molar-refractivity contribution in [3.63, 3.8) is 0 Å². The Morgan fingerprint density at radius 2 is 2.00 bits per heavy atom. The molecular formula is C18H25N3O5. The molecule has 1 fully saturated rings. The molecule has 2 aliphatic rings. The van der Waals surface area contributed by atoms with Crippen molar-refractivity contribution in [2.24, 2.45) is 0 Å². The summed E-state index contributed by atoms with van der Waals surface area (Å²) in [5.41, 5.74) is 0.866. The van der Waals surface area contributed by atoms with Crippen molar-refractivity contribution in [2.75, 3.05) is 33.9 Å². The van der Waals surface area contributed by atoms with Crippen molar-refractivity contribution in [2.45, 2.75) is 38.3 Å². The number of fused-ring (bicyclic) bond motifs is 1. The van der Waals surface area contributed by atoms with E-state index in [-0.39, 0.29) is 17.2 Å². The smallest absolute Gasteiger partial charge is 0.328 e. The largest absolute Gasteiger partial charge is 0.496 e. The van der Waals surface area contributed by atoms with Crippen molar-refractivity contribution < 1.29 is 19.1 Å². The fourth-order valence-electron chi connectivity index (χ4n) is 3.79. The van der Waals surface area contributed by atoms with Crippen LogP contribution in [0.25, 0.3) is 0 Å². The molecule has 1 aromatic rings. The number of carbonyl (C=O) groups excluding carboxylic acids is 2. The number of amides is 1. The van der Waals surface area contributed by atoms with Gasteiger partial charge in [-0.25, -0.2) is 4.79 Å². The molecule has 1 N–H and O–H groups in total. The molecule has 142 valence electrons. The Morgan fingerprint density at radius 3 is 2.73 bits per heavy atom. The number of aromatic nitrogens is 1. The number of hydrogen-bond acceptors (Lipinski definition) is 6. The number of nitrogens with one attached hydrogen (secondary N) is 1. The summed E-state index contributed by atoms with van der Waals surface area (Å²) in [5, 5.41) is 3.24. The molecule has 0 saturated carbocycles. The van der Waals surface area contributed by atoms with Crippen molar-refractivity contribution >= 4 is 11.9 Å². The van der Waals surface area contributed by atoms with Crippen molar-refractivity contribution in [3.8, 4) is 5.75 Å². The average Bonchev–Trinajstić information content (AvgIpc) is 2.93. The van der Waals surface area contributed by atoms with Gasteiger partial charge in [0.15, 0.2) is 0 Å². The van der Waals surface area contributed by atoms with Crippen LogP contribution in [-0.2, 0) is 22.5 Å². The van der Waals surface area contributed by atoms with Gasteiger partial charge in [-0.15, -0.1) is 0 Å². The maximum absolute atomic E-state index is 13.4. The summed E-state index contributed by atoms with van der Waals surface area (Å²) < 4.78 is 11.9. The highest BCUT2D eigenvalue weighted by Crippen LogP contribution is 2.27. The first-order valence-electron chi connectivity index (χ1n) is 8.98. The predicted molar refractivity (Wildman–Crippen MR) is 94.5 cm³/mol. The molecule has 1 aromatic heterocycles. The molecule has 1 amide bonds. The van der Waals surface area contributed by atoms with Crippen LogP contribution in [0.5, 0.6) is 5.75 Å². The van der Waals surface area contributed by atoms with E-state index in [1.54, 1.807) is 9.47 Å². The molecule has 2 aliphatic heterocycles. The second kappa shape index (κ2) is 7.90. The van der Waals surface area contributed by atoms with Crippen LogP contribution in [-0.4, -0.2) is 61.2 Å². The third kappa shape index (κ3) is 3.33. The third-order valence-corrected chi connectivity index (χ3v) is 5.10. The maximum Gasteiger partial charge on any atom is 0.328 e. The highest BCUT2D eigenvalue weighted by molar-refractivity contribution is 6.00. The fraction of sp³-hybridized carbons (Fsp3) is 0.611. The molecule has 3 rings (SSSR count). The zero-order valence-electron chi connectivity index (χ0n) is 15.2. The Balaban J connectivity index is 2.08. The number of ether oxygens (including phenoxy) is 2. The van der Waals surface area contributed by atoms with E-state index in [9.17, 15) is 14.4 Å². The first-order chi connectivity index (χ1) is 12.6. The molecule has 0 aromatic carbocycles. The van der Waals surface area contributed by atoms with Crippen molar-refractivity contribution in [1.29, 1.82) is 0 Å². The summed E-state index contributed by atoms with van der Waals surface area (Å²) in [5.74, 6) is -0.414. The molecule has 1 saturated heterocycles. The number of carbonyl (C=O) groups is 2. The van der Waals surface area contributed by atoms with Gasteiger partial charge >= 0.3 is 5.97 Å². The number of methoxy groups -OCH3 is 2. The van der Waals surface area contributed by atoms with E-state index in [1.165, 1.54) is 20.3 Å². The third-order valence-electron chi connectivity index (χ3n) is 5.10. The number of likely N-dealkylation sites (tertiary alicyclic amines) is 1. The standard InChI is InChI=1S/C18H25N3O5/c1-25-14-11-15(22)20-10-8-19-7-6-12(20)16(14)17(23)21-9-4-3-5-13(21)18(24)26-2/h11,13,19H,3-10H2,1-2H3/t13-/m1/s1. The Bertz CT molecular complexity index is 758. The predicted octanol–water partition coefficient (Wildman–Crippen LogP) is 0.170. The van der Waals surface area contributed by atoms with E-state index in [0.29, 0.717) is 50.3 Å². The van der Waals surface area contributed by atoms with Crippen molar-refractivity contribution in [3.05, 3.63) is 27.7 Å². The highest BCUT2D eigenvalue weighted by Gasteiger charge is 2.36. The Morgan fingerprint density at radius 1 is 1.19 bits per heavy atom. The van der Waals surface area contributed by atoms with Gasteiger partial charge in [0.25, 0.3) is 11.5 Å². The minimum absolute atomic E-state index is 0.180. The molecule has 8 nitrogen and oxygen atoms in total. The number of hydrogen-bond donors (Lipinski definition) is 1.